The van der Waals surface area contributed by atoms with Gasteiger partial charge in [0.2, 0.25) is 0 Å². The first-order valence-electron chi connectivity index (χ1n) is 4.09. The summed E-state index contributed by atoms with van der Waals surface area (Å²) in [7, 11) is 0. The van der Waals surface area contributed by atoms with E-state index < -0.39 is 0 Å². The Kier molecular flexibility index (Phi) is 3.58. The highest BCUT2D eigenvalue weighted by Crippen LogP contribution is 2.08. The average Bonchev–Trinajstić information content (AvgIpc) is 2.35. The van der Waals surface area contributed by atoms with Gasteiger partial charge in [0.1, 0.15) is 0 Å². The first-order valence-corrected chi connectivity index (χ1v) is 5.17. The van der Waals surface area contributed by atoms with Crippen LogP contribution in [0.2, 0.25) is 0 Å². The summed E-state index contributed by atoms with van der Waals surface area (Å²) in [6.45, 7) is 4.75. The molecular formula is C9H14INO. The lowest BCUT2D eigenvalue weighted by atomic mass is 10.1. The van der Waals surface area contributed by atoms with Gasteiger partial charge in [-0.05, 0) is 34.6 Å². The number of aromatic nitrogens is 1. The number of hydrogen-bond acceptors (Lipinski definition) is 1. The fourth-order valence-corrected chi connectivity index (χ4v) is 1.47. The van der Waals surface area contributed by atoms with Crippen molar-refractivity contribution in [2.45, 2.75) is 26.5 Å². The molecule has 1 rings (SSSR count). The lowest BCUT2D eigenvalue weighted by Crippen LogP contribution is -2.20. The van der Waals surface area contributed by atoms with Gasteiger partial charge < -0.3 is 9.67 Å². The van der Waals surface area contributed by atoms with Crippen molar-refractivity contribution in [2.75, 3.05) is 0 Å². The topological polar surface area (TPSA) is 25.2 Å². The summed E-state index contributed by atoms with van der Waals surface area (Å²) in [5.74, 6) is 0.324. The van der Waals surface area contributed by atoms with Crippen LogP contribution in [0.1, 0.15) is 13.8 Å². The molecule has 1 unspecified atom stereocenters. The zero-order valence-corrected chi connectivity index (χ0v) is 9.52. The van der Waals surface area contributed by atoms with E-state index >= 15 is 0 Å². The zero-order chi connectivity index (χ0) is 9.14. The van der Waals surface area contributed by atoms with Crippen molar-refractivity contribution in [1.82, 2.24) is 4.57 Å². The molecule has 0 aromatic carbocycles. The molecule has 0 aliphatic heterocycles. The summed E-state index contributed by atoms with van der Waals surface area (Å²) in [5.41, 5.74) is 0. The Morgan fingerprint density at radius 3 is 2.67 bits per heavy atom. The van der Waals surface area contributed by atoms with Gasteiger partial charge in [-0.1, -0.05) is 13.8 Å². The molecule has 0 amide bonds. The third-order valence-corrected chi connectivity index (χ3v) is 2.52. The molecule has 0 spiro atoms. The fraction of sp³-hybridized carbons (Fsp3) is 0.556. The van der Waals surface area contributed by atoms with Gasteiger partial charge in [0.15, 0.2) is 0 Å². The number of aliphatic hydroxyl groups excluding tert-OH is 1. The van der Waals surface area contributed by atoms with Crippen LogP contribution in [0.5, 0.6) is 0 Å². The van der Waals surface area contributed by atoms with E-state index in [1.807, 2.05) is 36.9 Å². The molecular weight excluding hydrogens is 265 g/mol. The molecule has 0 saturated heterocycles. The van der Waals surface area contributed by atoms with Crippen LogP contribution < -0.4 is 0 Å². The van der Waals surface area contributed by atoms with E-state index in [9.17, 15) is 5.11 Å². The third kappa shape index (κ3) is 2.79. The molecule has 0 aliphatic carbocycles. The van der Waals surface area contributed by atoms with Gasteiger partial charge in [-0.15, -0.1) is 0 Å². The van der Waals surface area contributed by atoms with Crippen molar-refractivity contribution in [3.63, 3.8) is 0 Å². The summed E-state index contributed by atoms with van der Waals surface area (Å²) in [4.78, 5) is 0. The third-order valence-electron chi connectivity index (χ3n) is 1.88. The maximum Gasteiger partial charge on any atom is 0.0741 e. The minimum atomic E-state index is -0.242. The summed E-state index contributed by atoms with van der Waals surface area (Å²) < 4.78 is 3.23. The van der Waals surface area contributed by atoms with Crippen LogP contribution in [0.15, 0.2) is 18.5 Å². The minimum absolute atomic E-state index is 0.242. The monoisotopic (exact) mass is 279 g/mol. The zero-order valence-electron chi connectivity index (χ0n) is 7.37. The van der Waals surface area contributed by atoms with Crippen molar-refractivity contribution in [1.29, 1.82) is 0 Å². The number of halogens is 1. The van der Waals surface area contributed by atoms with E-state index in [-0.39, 0.29) is 6.10 Å². The van der Waals surface area contributed by atoms with Crippen molar-refractivity contribution >= 4 is 22.6 Å². The van der Waals surface area contributed by atoms with Gasteiger partial charge >= 0.3 is 0 Å². The summed E-state index contributed by atoms with van der Waals surface area (Å²) in [6.07, 6.45) is 3.78. The number of rotatable bonds is 3. The Bertz CT molecular complexity index is 244. The van der Waals surface area contributed by atoms with Crippen molar-refractivity contribution < 1.29 is 5.11 Å². The van der Waals surface area contributed by atoms with Gasteiger partial charge in [0, 0.05) is 22.5 Å². The number of aliphatic hydroxyl groups is 1. The van der Waals surface area contributed by atoms with Crippen LogP contribution >= 0.6 is 22.6 Å². The Labute approximate surface area is 86.7 Å². The second kappa shape index (κ2) is 4.28. The maximum absolute atomic E-state index is 9.57. The van der Waals surface area contributed by atoms with Crippen LogP contribution in [0.25, 0.3) is 0 Å². The van der Waals surface area contributed by atoms with Crippen LogP contribution in [0.3, 0.4) is 0 Å². The van der Waals surface area contributed by atoms with Gasteiger partial charge in [-0.2, -0.15) is 0 Å². The highest BCUT2D eigenvalue weighted by molar-refractivity contribution is 14.1. The van der Waals surface area contributed by atoms with Crippen LogP contribution in [0.4, 0.5) is 0 Å². The van der Waals surface area contributed by atoms with Crippen molar-refractivity contribution in [3.8, 4) is 0 Å². The van der Waals surface area contributed by atoms with Crippen LogP contribution in [0, 0.1) is 9.49 Å². The standard InChI is InChI=1S/C9H14INO/c1-7(2)9(12)6-11-4-3-8(10)5-11/h3-5,7,9,12H,6H2,1-2H3. The maximum atomic E-state index is 9.57. The van der Waals surface area contributed by atoms with Gasteiger partial charge in [0.05, 0.1) is 6.10 Å². The Balaban J connectivity index is 2.52. The van der Waals surface area contributed by atoms with E-state index in [0.717, 1.165) is 0 Å². The smallest absolute Gasteiger partial charge is 0.0741 e. The second-order valence-corrected chi connectivity index (χ2v) is 4.58. The molecule has 1 aromatic heterocycles. The summed E-state index contributed by atoms with van der Waals surface area (Å²) in [6, 6.07) is 2.04. The highest BCUT2D eigenvalue weighted by atomic mass is 127. The summed E-state index contributed by atoms with van der Waals surface area (Å²) >= 11 is 2.26. The van der Waals surface area contributed by atoms with Crippen molar-refractivity contribution in [2.24, 2.45) is 5.92 Å². The molecule has 0 saturated carbocycles. The molecule has 0 bridgehead atoms. The minimum Gasteiger partial charge on any atom is -0.391 e. The van der Waals surface area contributed by atoms with E-state index in [1.54, 1.807) is 0 Å². The molecule has 1 aromatic rings. The molecule has 3 heteroatoms. The summed E-state index contributed by atoms with van der Waals surface area (Å²) in [5, 5.41) is 9.57. The fourth-order valence-electron chi connectivity index (χ4n) is 0.952. The Hall–Kier alpha value is -0.0300. The molecule has 1 atom stereocenters. The van der Waals surface area contributed by atoms with E-state index in [2.05, 4.69) is 22.6 Å². The second-order valence-electron chi connectivity index (χ2n) is 3.34. The quantitative estimate of drug-likeness (QED) is 0.842. The van der Waals surface area contributed by atoms with Crippen LogP contribution in [-0.2, 0) is 6.54 Å². The van der Waals surface area contributed by atoms with Crippen LogP contribution in [-0.4, -0.2) is 15.8 Å². The molecule has 68 valence electrons. The molecule has 2 nitrogen and oxygen atoms in total. The van der Waals surface area contributed by atoms with Gasteiger partial charge in [0.25, 0.3) is 0 Å². The predicted molar refractivity (Wildman–Crippen MR) is 58.0 cm³/mol. The van der Waals surface area contributed by atoms with Gasteiger partial charge in [-0.25, -0.2) is 0 Å². The van der Waals surface area contributed by atoms with E-state index in [1.165, 1.54) is 3.57 Å². The molecule has 0 fully saturated rings. The largest absolute Gasteiger partial charge is 0.391 e. The first-order chi connectivity index (χ1) is 5.59. The Morgan fingerprint density at radius 1 is 1.58 bits per heavy atom. The average molecular weight is 279 g/mol. The molecule has 0 aliphatic rings. The highest BCUT2D eigenvalue weighted by Gasteiger charge is 2.08. The molecule has 1 N–H and O–H groups in total. The first kappa shape index (κ1) is 10.1. The number of nitrogens with zero attached hydrogens (tertiary/aromatic N) is 1. The lowest BCUT2D eigenvalue weighted by molar-refractivity contribution is 0.107. The molecule has 12 heavy (non-hydrogen) atoms. The van der Waals surface area contributed by atoms with Crippen molar-refractivity contribution in [3.05, 3.63) is 22.0 Å². The molecule has 1 heterocycles. The lowest BCUT2D eigenvalue weighted by Gasteiger charge is -2.14. The SMILES string of the molecule is CC(C)C(O)Cn1ccc(I)c1. The Morgan fingerprint density at radius 2 is 2.25 bits per heavy atom. The normalized spacial score (nSPS) is 13.8. The van der Waals surface area contributed by atoms with Gasteiger partial charge in [-0.3, -0.25) is 0 Å². The molecule has 0 radical (unpaired) electrons. The number of hydrogen-bond donors (Lipinski definition) is 1. The van der Waals surface area contributed by atoms with E-state index in [0.29, 0.717) is 12.5 Å². The predicted octanol–water partition coefficient (Wildman–Crippen LogP) is 2.11. The van der Waals surface area contributed by atoms with E-state index in [4.69, 9.17) is 0 Å².